The minimum atomic E-state index is 0.621. The zero-order valence-corrected chi connectivity index (χ0v) is 11.0. The van der Waals surface area contributed by atoms with Crippen LogP contribution in [0, 0.1) is 6.92 Å². The molecule has 1 N–H and O–H groups in total. The van der Waals surface area contributed by atoms with E-state index in [-0.39, 0.29) is 0 Å². The van der Waals surface area contributed by atoms with Gasteiger partial charge in [-0.1, -0.05) is 11.6 Å². The fourth-order valence-electron chi connectivity index (χ4n) is 1.93. The predicted octanol–water partition coefficient (Wildman–Crippen LogP) is 2.48. The SMILES string of the molecule is Cc1cc(CNC2CC2)cnc1-n1cc(Cl)cn1. The molecule has 1 fully saturated rings. The van der Waals surface area contributed by atoms with Crippen molar-refractivity contribution in [1.29, 1.82) is 0 Å². The highest BCUT2D eigenvalue weighted by atomic mass is 35.5. The van der Waals surface area contributed by atoms with Crippen LogP contribution in [-0.2, 0) is 6.54 Å². The van der Waals surface area contributed by atoms with E-state index < -0.39 is 0 Å². The van der Waals surface area contributed by atoms with E-state index in [1.807, 2.05) is 13.1 Å². The van der Waals surface area contributed by atoms with Crippen molar-refractivity contribution in [1.82, 2.24) is 20.1 Å². The summed E-state index contributed by atoms with van der Waals surface area (Å²) in [7, 11) is 0. The zero-order valence-electron chi connectivity index (χ0n) is 10.2. The molecule has 0 amide bonds. The van der Waals surface area contributed by atoms with E-state index in [1.54, 1.807) is 17.1 Å². The maximum atomic E-state index is 5.86. The van der Waals surface area contributed by atoms with Crippen molar-refractivity contribution in [2.75, 3.05) is 0 Å². The molecule has 0 aliphatic heterocycles. The molecular formula is C13H15ClN4. The zero-order chi connectivity index (χ0) is 12.5. The first-order valence-corrected chi connectivity index (χ1v) is 6.49. The molecule has 0 saturated heterocycles. The second-order valence-corrected chi connectivity index (χ2v) is 5.18. The van der Waals surface area contributed by atoms with Crippen LogP contribution in [0.1, 0.15) is 24.0 Å². The average molecular weight is 263 g/mol. The summed E-state index contributed by atoms with van der Waals surface area (Å²) in [6.45, 7) is 2.93. The van der Waals surface area contributed by atoms with Gasteiger partial charge in [-0.15, -0.1) is 0 Å². The Morgan fingerprint density at radius 2 is 2.28 bits per heavy atom. The van der Waals surface area contributed by atoms with Crippen LogP contribution < -0.4 is 5.32 Å². The van der Waals surface area contributed by atoms with Gasteiger partial charge >= 0.3 is 0 Å². The lowest BCUT2D eigenvalue weighted by molar-refractivity contribution is 0.684. The predicted molar refractivity (Wildman–Crippen MR) is 71.0 cm³/mol. The van der Waals surface area contributed by atoms with Gasteiger partial charge < -0.3 is 5.32 Å². The van der Waals surface area contributed by atoms with E-state index in [0.717, 1.165) is 24.0 Å². The lowest BCUT2D eigenvalue weighted by Crippen LogP contribution is -2.15. The summed E-state index contributed by atoms with van der Waals surface area (Å²) in [5.74, 6) is 0.831. The fraction of sp³-hybridized carbons (Fsp3) is 0.385. The number of nitrogens with one attached hydrogen (secondary N) is 1. The normalized spacial score (nSPS) is 15.0. The van der Waals surface area contributed by atoms with E-state index in [9.17, 15) is 0 Å². The maximum Gasteiger partial charge on any atom is 0.156 e. The van der Waals surface area contributed by atoms with E-state index in [1.165, 1.54) is 18.4 Å². The number of nitrogens with zero attached hydrogens (tertiary/aromatic N) is 3. The molecule has 2 aromatic heterocycles. The summed E-state index contributed by atoms with van der Waals surface area (Å²) in [6.07, 6.45) is 7.88. The first-order valence-electron chi connectivity index (χ1n) is 6.12. The van der Waals surface area contributed by atoms with Crippen LogP contribution in [0.4, 0.5) is 0 Å². The third-order valence-electron chi connectivity index (χ3n) is 3.05. The molecule has 2 heterocycles. The average Bonchev–Trinajstić information content (AvgIpc) is 3.09. The Labute approximate surface area is 111 Å². The quantitative estimate of drug-likeness (QED) is 0.921. The van der Waals surface area contributed by atoms with Crippen molar-refractivity contribution in [3.05, 3.63) is 40.8 Å². The van der Waals surface area contributed by atoms with Crippen molar-refractivity contribution >= 4 is 11.6 Å². The first kappa shape index (κ1) is 11.7. The molecule has 2 aromatic rings. The van der Waals surface area contributed by atoms with Crippen molar-refractivity contribution in [2.24, 2.45) is 0 Å². The second-order valence-electron chi connectivity index (χ2n) is 4.74. The summed E-state index contributed by atoms with van der Waals surface area (Å²) >= 11 is 5.86. The molecule has 94 valence electrons. The van der Waals surface area contributed by atoms with Gasteiger partial charge in [-0.25, -0.2) is 9.67 Å². The standard InChI is InChI=1S/C13H15ClN4/c1-9-4-10(5-15-12-2-3-12)6-16-13(9)18-8-11(14)7-17-18/h4,6-8,12,15H,2-3,5H2,1H3. The third-order valence-corrected chi connectivity index (χ3v) is 3.24. The largest absolute Gasteiger partial charge is 0.310 e. The Kier molecular flexibility index (Phi) is 3.06. The maximum absolute atomic E-state index is 5.86. The lowest BCUT2D eigenvalue weighted by atomic mass is 10.2. The molecule has 0 radical (unpaired) electrons. The van der Waals surface area contributed by atoms with Crippen LogP contribution in [0.15, 0.2) is 24.7 Å². The molecule has 18 heavy (non-hydrogen) atoms. The highest BCUT2D eigenvalue weighted by Crippen LogP contribution is 2.20. The molecule has 0 spiro atoms. The summed E-state index contributed by atoms with van der Waals surface area (Å²) < 4.78 is 1.70. The fourth-order valence-corrected chi connectivity index (χ4v) is 2.06. The van der Waals surface area contributed by atoms with Crippen LogP contribution in [0.2, 0.25) is 5.02 Å². The van der Waals surface area contributed by atoms with E-state index in [2.05, 4.69) is 21.5 Å². The van der Waals surface area contributed by atoms with Crippen LogP contribution in [0.5, 0.6) is 0 Å². The molecule has 1 aliphatic rings. The number of aromatic nitrogens is 3. The second kappa shape index (κ2) is 4.71. The number of hydrogen-bond donors (Lipinski definition) is 1. The highest BCUT2D eigenvalue weighted by molar-refractivity contribution is 6.30. The molecule has 0 atom stereocenters. The number of aryl methyl sites for hydroxylation is 1. The van der Waals surface area contributed by atoms with E-state index in [0.29, 0.717) is 5.02 Å². The van der Waals surface area contributed by atoms with E-state index >= 15 is 0 Å². The molecular weight excluding hydrogens is 248 g/mol. The number of pyridine rings is 1. The summed E-state index contributed by atoms with van der Waals surface area (Å²) in [5, 5.41) is 8.27. The molecule has 4 nitrogen and oxygen atoms in total. The Hall–Kier alpha value is -1.39. The van der Waals surface area contributed by atoms with Crippen LogP contribution in [-0.4, -0.2) is 20.8 Å². The van der Waals surface area contributed by atoms with Crippen molar-refractivity contribution < 1.29 is 0 Å². The van der Waals surface area contributed by atoms with Gasteiger partial charge in [0.05, 0.1) is 17.4 Å². The van der Waals surface area contributed by atoms with Gasteiger partial charge in [0.1, 0.15) is 0 Å². The van der Waals surface area contributed by atoms with Gasteiger partial charge in [-0.05, 0) is 37.0 Å². The monoisotopic (exact) mass is 262 g/mol. The molecule has 1 saturated carbocycles. The minimum absolute atomic E-state index is 0.621. The van der Waals surface area contributed by atoms with Gasteiger partial charge in [-0.3, -0.25) is 0 Å². The molecule has 5 heteroatoms. The van der Waals surface area contributed by atoms with Crippen molar-refractivity contribution in [3.8, 4) is 5.82 Å². The topological polar surface area (TPSA) is 42.7 Å². The number of hydrogen-bond acceptors (Lipinski definition) is 3. The van der Waals surface area contributed by atoms with Gasteiger partial charge in [0.25, 0.3) is 0 Å². The third kappa shape index (κ3) is 2.54. The van der Waals surface area contributed by atoms with Gasteiger partial charge in [0.2, 0.25) is 0 Å². The number of rotatable bonds is 4. The van der Waals surface area contributed by atoms with Crippen molar-refractivity contribution in [2.45, 2.75) is 32.4 Å². The van der Waals surface area contributed by atoms with Crippen LogP contribution in [0.3, 0.4) is 0 Å². The summed E-state index contributed by atoms with van der Waals surface area (Å²) in [4.78, 5) is 4.46. The Balaban J connectivity index is 1.79. The highest BCUT2D eigenvalue weighted by Gasteiger charge is 2.20. The van der Waals surface area contributed by atoms with Crippen molar-refractivity contribution in [3.63, 3.8) is 0 Å². The van der Waals surface area contributed by atoms with Gasteiger partial charge in [-0.2, -0.15) is 5.10 Å². The number of halogens is 1. The molecule has 1 aliphatic carbocycles. The smallest absolute Gasteiger partial charge is 0.156 e. The lowest BCUT2D eigenvalue weighted by Gasteiger charge is -2.08. The molecule has 0 aromatic carbocycles. The molecule has 0 bridgehead atoms. The Morgan fingerprint density at radius 3 is 2.89 bits per heavy atom. The van der Waals surface area contributed by atoms with Gasteiger partial charge in [0, 0.05) is 18.8 Å². The molecule has 3 rings (SSSR count). The van der Waals surface area contributed by atoms with E-state index in [4.69, 9.17) is 11.6 Å². The minimum Gasteiger partial charge on any atom is -0.310 e. The Morgan fingerprint density at radius 1 is 1.44 bits per heavy atom. The molecule has 0 unspecified atom stereocenters. The summed E-state index contributed by atoms with van der Waals surface area (Å²) in [5.41, 5.74) is 2.31. The van der Waals surface area contributed by atoms with Crippen LogP contribution >= 0.6 is 11.6 Å². The Bertz CT molecular complexity index is 560. The summed E-state index contributed by atoms with van der Waals surface area (Å²) in [6, 6.07) is 2.86. The van der Waals surface area contributed by atoms with Gasteiger partial charge in [0.15, 0.2) is 5.82 Å². The first-order chi connectivity index (χ1) is 8.72. The van der Waals surface area contributed by atoms with Crippen LogP contribution in [0.25, 0.3) is 5.82 Å².